The zero-order valence-corrected chi connectivity index (χ0v) is 17.7. The fraction of sp³-hybridized carbons (Fsp3) is 0.524. The van der Waals surface area contributed by atoms with E-state index >= 15 is 0 Å². The van der Waals surface area contributed by atoms with Crippen molar-refractivity contribution in [3.05, 3.63) is 40.4 Å². The minimum absolute atomic E-state index is 0.0698. The number of rotatable bonds is 8. The number of nitrogens with zero attached hydrogens (tertiary/aromatic N) is 3. The summed E-state index contributed by atoms with van der Waals surface area (Å²) in [6.07, 6.45) is 0. The van der Waals surface area contributed by atoms with Crippen LogP contribution in [0.1, 0.15) is 54.5 Å². The maximum absolute atomic E-state index is 12.9. The maximum atomic E-state index is 12.9. The lowest BCUT2D eigenvalue weighted by molar-refractivity contribution is 0.0783. The van der Waals surface area contributed by atoms with Crippen LogP contribution in [0.3, 0.4) is 0 Å². The quantitative estimate of drug-likeness (QED) is 0.675. The van der Waals surface area contributed by atoms with Gasteiger partial charge in [-0.3, -0.25) is 4.79 Å². The van der Waals surface area contributed by atoms with Gasteiger partial charge in [0.05, 0.1) is 5.69 Å². The van der Waals surface area contributed by atoms with Crippen LogP contribution in [0.2, 0.25) is 0 Å². The van der Waals surface area contributed by atoms with E-state index in [-0.39, 0.29) is 5.91 Å². The summed E-state index contributed by atoms with van der Waals surface area (Å²) in [7, 11) is 1.88. The van der Waals surface area contributed by atoms with Gasteiger partial charge >= 0.3 is 0 Å². The standard InChI is InChI=1S/C21H31N3OS/c1-7-24(8-2)14-13-23(6)21(25)19-16(5)22-20(26-19)18-12-10-9-11-17(18)15(3)4/h9-12,15H,7-8,13-14H2,1-6H3. The SMILES string of the molecule is CCN(CC)CCN(C)C(=O)c1sc(-c2ccccc2C(C)C)nc1C. The highest BCUT2D eigenvalue weighted by atomic mass is 32.1. The number of carbonyl (C=O) groups is 1. The van der Waals surface area contributed by atoms with Gasteiger partial charge in [0, 0.05) is 25.7 Å². The van der Waals surface area contributed by atoms with Gasteiger partial charge in [-0.2, -0.15) is 0 Å². The third-order valence-electron chi connectivity index (χ3n) is 4.80. The van der Waals surface area contributed by atoms with Gasteiger partial charge in [-0.25, -0.2) is 4.98 Å². The van der Waals surface area contributed by atoms with Gasteiger partial charge in [0.1, 0.15) is 9.88 Å². The van der Waals surface area contributed by atoms with E-state index in [0.717, 1.165) is 47.3 Å². The maximum Gasteiger partial charge on any atom is 0.265 e. The molecule has 0 atom stereocenters. The molecule has 0 saturated heterocycles. The van der Waals surface area contributed by atoms with Crippen molar-refractivity contribution < 1.29 is 4.79 Å². The molecule has 0 N–H and O–H groups in total. The zero-order chi connectivity index (χ0) is 19.3. The topological polar surface area (TPSA) is 36.4 Å². The number of aromatic nitrogens is 1. The van der Waals surface area contributed by atoms with Crippen LogP contribution in [0.25, 0.3) is 10.6 Å². The van der Waals surface area contributed by atoms with Crippen molar-refractivity contribution in [1.82, 2.24) is 14.8 Å². The molecular formula is C21H31N3OS. The van der Waals surface area contributed by atoms with E-state index in [1.54, 1.807) is 0 Å². The highest BCUT2D eigenvalue weighted by Gasteiger charge is 2.21. The first kappa shape index (κ1) is 20.6. The molecule has 2 rings (SSSR count). The molecular weight excluding hydrogens is 342 g/mol. The summed E-state index contributed by atoms with van der Waals surface area (Å²) >= 11 is 1.51. The molecule has 0 fully saturated rings. The number of carbonyl (C=O) groups excluding carboxylic acids is 1. The Balaban J connectivity index is 2.21. The Morgan fingerprint density at radius 2 is 1.81 bits per heavy atom. The van der Waals surface area contributed by atoms with Crippen molar-refractivity contribution in [1.29, 1.82) is 0 Å². The molecule has 5 heteroatoms. The van der Waals surface area contributed by atoms with Gasteiger partial charge in [-0.15, -0.1) is 11.3 Å². The molecule has 0 aliphatic rings. The van der Waals surface area contributed by atoms with Crippen molar-refractivity contribution in [3.8, 4) is 10.6 Å². The van der Waals surface area contributed by atoms with E-state index in [9.17, 15) is 4.79 Å². The van der Waals surface area contributed by atoms with Gasteiger partial charge in [0.15, 0.2) is 0 Å². The average Bonchev–Trinajstić information content (AvgIpc) is 3.03. The fourth-order valence-electron chi connectivity index (χ4n) is 3.01. The summed E-state index contributed by atoms with van der Waals surface area (Å²) < 4.78 is 0. The predicted octanol–water partition coefficient (Wildman–Crippen LogP) is 4.66. The number of hydrogen-bond acceptors (Lipinski definition) is 4. The lowest BCUT2D eigenvalue weighted by Gasteiger charge is -2.22. The monoisotopic (exact) mass is 373 g/mol. The van der Waals surface area contributed by atoms with Crippen molar-refractivity contribution in [2.24, 2.45) is 0 Å². The van der Waals surface area contributed by atoms with Crippen LogP contribution in [0.15, 0.2) is 24.3 Å². The second-order valence-electron chi connectivity index (χ2n) is 6.93. The third kappa shape index (κ3) is 4.71. The molecule has 0 aliphatic heterocycles. The minimum atomic E-state index is 0.0698. The van der Waals surface area contributed by atoms with E-state index in [0.29, 0.717) is 5.92 Å². The molecule has 0 unspecified atom stereocenters. The van der Waals surface area contributed by atoms with Gasteiger partial charge in [-0.1, -0.05) is 52.0 Å². The first-order chi connectivity index (χ1) is 12.4. The second kappa shape index (κ2) is 9.28. The summed E-state index contributed by atoms with van der Waals surface area (Å²) in [6.45, 7) is 14.3. The van der Waals surface area contributed by atoms with Crippen LogP contribution in [0.4, 0.5) is 0 Å². The molecule has 0 saturated carbocycles. The van der Waals surface area contributed by atoms with Crippen LogP contribution >= 0.6 is 11.3 Å². The van der Waals surface area contributed by atoms with Crippen LogP contribution in [0.5, 0.6) is 0 Å². The largest absolute Gasteiger partial charge is 0.340 e. The van der Waals surface area contributed by atoms with Crippen LogP contribution in [-0.2, 0) is 0 Å². The van der Waals surface area contributed by atoms with Crippen LogP contribution < -0.4 is 0 Å². The van der Waals surface area contributed by atoms with E-state index in [1.807, 2.05) is 24.9 Å². The van der Waals surface area contributed by atoms with E-state index < -0.39 is 0 Å². The van der Waals surface area contributed by atoms with Gasteiger partial charge in [0.25, 0.3) is 5.91 Å². The molecule has 1 aromatic heterocycles. The summed E-state index contributed by atoms with van der Waals surface area (Å²) in [6, 6.07) is 8.35. The molecule has 4 nitrogen and oxygen atoms in total. The summed E-state index contributed by atoms with van der Waals surface area (Å²) in [4.78, 5) is 22.5. The van der Waals surface area contributed by atoms with Crippen LogP contribution in [-0.4, -0.2) is 53.9 Å². The highest BCUT2D eigenvalue weighted by Crippen LogP contribution is 2.33. The van der Waals surface area contributed by atoms with E-state index in [4.69, 9.17) is 4.98 Å². The van der Waals surface area contributed by atoms with Crippen LogP contribution in [0, 0.1) is 6.92 Å². The lowest BCUT2D eigenvalue weighted by atomic mass is 9.98. The second-order valence-corrected chi connectivity index (χ2v) is 7.93. The Morgan fingerprint density at radius 1 is 1.15 bits per heavy atom. The van der Waals surface area contributed by atoms with Crippen molar-refractivity contribution in [2.45, 2.75) is 40.5 Å². The third-order valence-corrected chi connectivity index (χ3v) is 5.98. The molecule has 26 heavy (non-hydrogen) atoms. The molecule has 1 heterocycles. The molecule has 1 amide bonds. The number of hydrogen-bond donors (Lipinski definition) is 0. The molecule has 0 bridgehead atoms. The Kier molecular flexibility index (Phi) is 7.35. The number of thiazole rings is 1. The van der Waals surface area contributed by atoms with Gasteiger partial charge < -0.3 is 9.80 Å². The Labute approximate surface area is 161 Å². The molecule has 0 spiro atoms. The summed E-state index contributed by atoms with van der Waals surface area (Å²) in [5.41, 5.74) is 3.24. The smallest absolute Gasteiger partial charge is 0.265 e. The Hall–Kier alpha value is -1.72. The molecule has 0 aliphatic carbocycles. The number of benzene rings is 1. The number of aryl methyl sites for hydroxylation is 1. The molecule has 0 radical (unpaired) electrons. The predicted molar refractivity (Wildman–Crippen MR) is 111 cm³/mol. The lowest BCUT2D eigenvalue weighted by Crippen LogP contribution is -2.36. The molecule has 2 aromatic rings. The highest BCUT2D eigenvalue weighted by molar-refractivity contribution is 7.17. The van der Waals surface area contributed by atoms with Crippen molar-refractivity contribution >= 4 is 17.2 Å². The van der Waals surface area contributed by atoms with Crippen molar-refractivity contribution in [2.75, 3.05) is 33.2 Å². The Morgan fingerprint density at radius 3 is 2.42 bits per heavy atom. The minimum Gasteiger partial charge on any atom is -0.340 e. The van der Waals surface area contributed by atoms with Gasteiger partial charge in [0.2, 0.25) is 0 Å². The van der Waals surface area contributed by atoms with Gasteiger partial charge in [-0.05, 0) is 31.5 Å². The number of amides is 1. The van der Waals surface area contributed by atoms with E-state index in [2.05, 4.69) is 50.8 Å². The first-order valence-corrected chi connectivity index (χ1v) is 10.2. The van der Waals surface area contributed by atoms with Crippen molar-refractivity contribution in [3.63, 3.8) is 0 Å². The number of likely N-dealkylation sites (N-methyl/N-ethyl adjacent to an activating group) is 2. The average molecular weight is 374 g/mol. The zero-order valence-electron chi connectivity index (χ0n) is 16.9. The Bertz CT molecular complexity index is 735. The molecule has 142 valence electrons. The normalized spacial score (nSPS) is 11.4. The summed E-state index contributed by atoms with van der Waals surface area (Å²) in [5, 5.41) is 0.937. The fourth-order valence-corrected chi connectivity index (χ4v) is 4.12. The molecule has 1 aromatic carbocycles. The first-order valence-electron chi connectivity index (χ1n) is 9.43. The van der Waals surface area contributed by atoms with E-state index in [1.165, 1.54) is 16.9 Å². The summed E-state index contributed by atoms with van der Waals surface area (Å²) in [5.74, 6) is 0.492.